The number of furan rings is 1. The van der Waals surface area contributed by atoms with Crippen LogP contribution in [-0.4, -0.2) is 19.5 Å². The van der Waals surface area contributed by atoms with Gasteiger partial charge in [0, 0.05) is 53.0 Å². The van der Waals surface area contributed by atoms with Crippen LogP contribution in [0.1, 0.15) is 15.1 Å². The average Bonchev–Trinajstić information content (AvgIpc) is 4.04. The summed E-state index contributed by atoms with van der Waals surface area (Å²) < 4.78 is 109. The largest absolute Gasteiger partial charge is 0.456 e. The van der Waals surface area contributed by atoms with Gasteiger partial charge in [-0.1, -0.05) is 133 Å². The van der Waals surface area contributed by atoms with Crippen LogP contribution in [0.4, 0.5) is 0 Å². The maximum absolute atomic E-state index is 9.74. The van der Waals surface area contributed by atoms with Crippen LogP contribution >= 0.6 is 11.3 Å². The molecule has 12 rings (SSSR count). The second-order valence-corrected chi connectivity index (χ2v) is 14.5. The summed E-state index contributed by atoms with van der Waals surface area (Å²) in [6.07, 6.45) is 0. The zero-order valence-electron chi connectivity index (χ0n) is 40.6. The molecule has 4 heterocycles. The van der Waals surface area contributed by atoms with Gasteiger partial charge in [0.1, 0.15) is 11.2 Å². The van der Waals surface area contributed by atoms with Gasteiger partial charge in [-0.3, -0.25) is 0 Å². The molecule has 57 heavy (non-hydrogen) atoms. The highest BCUT2D eigenvalue weighted by Crippen LogP contribution is 2.44. The molecule has 0 fully saturated rings. The van der Waals surface area contributed by atoms with Crippen LogP contribution in [0.2, 0.25) is 0 Å². The fourth-order valence-electron chi connectivity index (χ4n) is 7.76. The molecular formula is C51H30N4OS. The summed E-state index contributed by atoms with van der Waals surface area (Å²) in [5.41, 5.74) is 3.16. The molecule has 266 valence electrons. The third-order valence-corrected chi connectivity index (χ3v) is 11.5. The Bertz CT molecular complexity index is 4170. The van der Waals surface area contributed by atoms with Crippen molar-refractivity contribution in [1.82, 2.24) is 19.5 Å². The van der Waals surface area contributed by atoms with Crippen molar-refractivity contribution in [2.75, 3.05) is 0 Å². The van der Waals surface area contributed by atoms with Crippen molar-refractivity contribution in [1.29, 1.82) is 0 Å². The fourth-order valence-corrected chi connectivity index (χ4v) is 9.00. The Morgan fingerprint density at radius 2 is 1.21 bits per heavy atom. The van der Waals surface area contributed by atoms with E-state index in [0.717, 1.165) is 36.9 Å². The molecule has 0 unspecified atom stereocenters. The number of rotatable bonds is 5. The van der Waals surface area contributed by atoms with E-state index in [4.69, 9.17) is 30.3 Å². The van der Waals surface area contributed by atoms with Gasteiger partial charge in [-0.25, -0.2) is 15.0 Å². The van der Waals surface area contributed by atoms with Crippen LogP contribution < -0.4 is 0 Å². The minimum absolute atomic E-state index is 0.00894. The second kappa shape index (κ2) is 12.6. The first-order valence-electron chi connectivity index (χ1n) is 23.6. The summed E-state index contributed by atoms with van der Waals surface area (Å²) in [6.45, 7) is 0. The normalized spacial score (nSPS) is 14.6. The predicted molar refractivity (Wildman–Crippen MR) is 236 cm³/mol. The van der Waals surface area contributed by atoms with E-state index in [1.165, 1.54) is 22.8 Å². The van der Waals surface area contributed by atoms with E-state index in [0.29, 0.717) is 17.2 Å². The molecule has 0 aliphatic heterocycles. The first-order chi connectivity index (χ1) is 32.8. The summed E-state index contributed by atoms with van der Waals surface area (Å²) >= 11 is 1.61. The fraction of sp³-hybridized carbons (Fsp3) is 0. The lowest BCUT2D eigenvalue weighted by Crippen LogP contribution is -2.00. The van der Waals surface area contributed by atoms with Crippen molar-refractivity contribution in [2.45, 2.75) is 0 Å². The number of fused-ring (bicyclic) bond motifs is 9. The molecule has 6 heteroatoms. The molecule has 0 radical (unpaired) electrons. The van der Waals surface area contributed by atoms with E-state index in [2.05, 4.69) is 30.3 Å². The van der Waals surface area contributed by atoms with Crippen LogP contribution in [0.3, 0.4) is 0 Å². The van der Waals surface area contributed by atoms with Crippen molar-refractivity contribution >= 4 is 75.3 Å². The van der Waals surface area contributed by atoms with Crippen molar-refractivity contribution in [2.24, 2.45) is 0 Å². The highest BCUT2D eigenvalue weighted by Gasteiger charge is 2.21. The molecule has 0 aliphatic rings. The molecule has 0 saturated heterocycles. The molecule has 0 atom stereocenters. The lowest BCUT2D eigenvalue weighted by molar-refractivity contribution is 0.669. The first kappa shape index (κ1) is 22.8. The Hall–Kier alpha value is -7.41. The first-order valence-corrected chi connectivity index (χ1v) is 18.9. The standard InChI is InChI=1S/C51H30N4OS/c1-3-14-31(15-4-1)34-20-12-27-45-46(34)38-21-11-22-39(48(38)57-45)51-53-49(32-16-5-2-6-17-32)52-50(54-51)33-28-29-37-44(30-33)56-43-26-13-25-42(47(37)43)55-40-23-9-7-18-35(40)36-19-8-10-24-41(36)55/h1-30H/i7D,8D,9D,13D,18D,19D,23D,25D,26D,28D,30D. The molecule has 0 N–H and O–H groups in total. The van der Waals surface area contributed by atoms with Crippen LogP contribution in [0.5, 0.6) is 0 Å². The monoisotopic (exact) mass is 757 g/mol. The van der Waals surface area contributed by atoms with E-state index in [-0.39, 0.29) is 85.0 Å². The number of hydrogen-bond acceptors (Lipinski definition) is 5. The SMILES string of the molecule is [2H]c1cc2c(oc3c([2H])c([2H])c([2H])c(-n4c5ccc([2H])c([2H])c5c5c([2H])c([2H])c([2H])c([2H])c54)c32)c([2H])c1-c1nc(-c2ccccc2)nc(-c2cccc3c2sc2cccc(-c4ccccc4)c23)n1. The van der Waals surface area contributed by atoms with Crippen LogP contribution in [0.25, 0.3) is 115 Å². The van der Waals surface area contributed by atoms with Crippen LogP contribution in [0.15, 0.2) is 186 Å². The number of thiophene rings is 1. The van der Waals surface area contributed by atoms with Crippen molar-refractivity contribution in [3.8, 4) is 51.0 Å². The average molecular weight is 758 g/mol. The summed E-state index contributed by atoms with van der Waals surface area (Å²) in [5.74, 6) is 0.617. The van der Waals surface area contributed by atoms with Gasteiger partial charge in [0.2, 0.25) is 0 Å². The maximum Gasteiger partial charge on any atom is 0.165 e. The molecule has 0 saturated carbocycles. The molecule has 0 bridgehead atoms. The van der Waals surface area contributed by atoms with Gasteiger partial charge in [-0.05, 0) is 59.6 Å². The van der Waals surface area contributed by atoms with Crippen LogP contribution in [0, 0.1) is 0 Å². The van der Waals surface area contributed by atoms with E-state index >= 15 is 0 Å². The number of nitrogens with zero attached hydrogens (tertiary/aromatic N) is 4. The molecule has 12 aromatic rings. The van der Waals surface area contributed by atoms with Crippen molar-refractivity contribution < 1.29 is 19.5 Å². The van der Waals surface area contributed by atoms with Gasteiger partial charge in [-0.2, -0.15) is 0 Å². The van der Waals surface area contributed by atoms with Gasteiger partial charge in [0.15, 0.2) is 17.5 Å². The van der Waals surface area contributed by atoms with Crippen molar-refractivity contribution in [3.63, 3.8) is 0 Å². The van der Waals surface area contributed by atoms with Crippen LogP contribution in [-0.2, 0) is 0 Å². The highest BCUT2D eigenvalue weighted by atomic mass is 32.1. The Morgan fingerprint density at radius 1 is 0.474 bits per heavy atom. The van der Waals surface area contributed by atoms with Gasteiger partial charge < -0.3 is 8.98 Å². The summed E-state index contributed by atoms with van der Waals surface area (Å²) in [6, 6.07) is 31.3. The summed E-state index contributed by atoms with van der Waals surface area (Å²) in [5, 5.41) is 2.25. The molecule has 8 aromatic carbocycles. The maximum atomic E-state index is 9.74. The van der Waals surface area contributed by atoms with E-state index in [9.17, 15) is 4.11 Å². The molecule has 0 spiro atoms. The van der Waals surface area contributed by atoms with Crippen molar-refractivity contribution in [3.05, 3.63) is 182 Å². The Labute approximate surface area is 346 Å². The minimum Gasteiger partial charge on any atom is -0.456 e. The lowest BCUT2D eigenvalue weighted by Gasteiger charge is -2.10. The molecular weight excluding hydrogens is 717 g/mol. The van der Waals surface area contributed by atoms with Gasteiger partial charge >= 0.3 is 0 Å². The number of hydrogen-bond donors (Lipinski definition) is 0. The van der Waals surface area contributed by atoms with Gasteiger partial charge in [0.25, 0.3) is 0 Å². The van der Waals surface area contributed by atoms with E-state index in [1.807, 2.05) is 66.7 Å². The smallest absolute Gasteiger partial charge is 0.165 e. The molecule has 5 nitrogen and oxygen atoms in total. The number of aromatic nitrogens is 4. The minimum atomic E-state index is -0.578. The predicted octanol–water partition coefficient (Wildman–Crippen LogP) is 13.9. The van der Waals surface area contributed by atoms with Gasteiger partial charge in [-0.15, -0.1) is 11.3 Å². The third-order valence-electron chi connectivity index (χ3n) is 10.3. The second-order valence-electron chi connectivity index (χ2n) is 13.5. The van der Waals surface area contributed by atoms with Gasteiger partial charge in [0.05, 0.1) is 37.2 Å². The lowest BCUT2D eigenvalue weighted by atomic mass is 9.99. The summed E-state index contributed by atoms with van der Waals surface area (Å²) in [4.78, 5) is 14.9. The zero-order valence-corrected chi connectivity index (χ0v) is 30.4. The topological polar surface area (TPSA) is 56.7 Å². The summed E-state index contributed by atoms with van der Waals surface area (Å²) in [7, 11) is 0. The quantitative estimate of drug-likeness (QED) is 0.175. The Morgan fingerprint density at radius 3 is 2.09 bits per heavy atom. The van der Waals surface area contributed by atoms with E-state index < -0.39 is 42.3 Å². The molecule has 0 amide bonds. The Kier molecular flexibility index (Phi) is 5.04. The zero-order chi connectivity index (χ0) is 47.0. The Balaban J connectivity index is 1.14. The molecule has 4 aromatic heterocycles. The van der Waals surface area contributed by atoms with E-state index in [1.54, 1.807) is 11.3 Å². The number of para-hydroxylation sites is 2. The third kappa shape index (κ3) is 4.98. The highest BCUT2D eigenvalue weighted by molar-refractivity contribution is 7.26. The molecule has 0 aliphatic carbocycles. The number of benzene rings is 8.